The number of esters is 1. The average Bonchev–Trinajstić information content (AvgIpc) is 4.03. The Labute approximate surface area is 355 Å². The van der Waals surface area contributed by atoms with Crippen LogP contribution in [0.2, 0.25) is 0 Å². The standard InChI is InChI=1S/C43H38FN7O8S2/c44-29-17-27-31(50(26-11-12-26)20-28(35(27)52)41(56)57)18-32(29)49-15-13-48(14-16-49)19-25-21-60-40-33(47-38(54)36(53)30-22-61-43(45)46-30)39(55)51(40)34(25)42(58)59-37(23-7-3-1-4-8-23)24-9-5-2-6-10-24/h1-10,17-18,20,22,26,33,37,40H,11-16,19,21H2,(H2,45,46)(H,47,54)(H,56,57)/t33-,40-/m1/s1. The first-order chi connectivity index (χ1) is 29.5. The number of carboxylic acid groups (broad SMARTS) is 1. The molecule has 9 rings (SSSR count). The second kappa shape index (κ2) is 16.2. The fraction of sp³-hybridized carbons (Fsp3) is 0.279. The number of ketones is 1. The Morgan fingerprint density at radius 1 is 0.967 bits per heavy atom. The number of hydrogen-bond acceptors (Lipinski definition) is 13. The minimum atomic E-state index is -1.36. The highest BCUT2D eigenvalue weighted by Crippen LogP contribution is 2.42. The van der Waals surface area contributed by atoms with Crippen LogP contribution in [0, 0.1) is 5.82 Å². The van der Waals surface area contributed by atoms with Crippen LogP contribution >= 0.6 is 23.1 Å². The number of thioether (sulfide) groups is 1. The summed E-state index contributed by atoms with van der Waals surface area (Å²) in [6.45, 7) is 1.98. The van der Waals surface area contributed by atoms with Gasteiger partial charge in [0.25, 0.3) is 17.6 Å². The third-order valence-electron chi connectivity index (χ3n) is 11.3. The number of nitrogen functional groups attached to an aromatic ring is 1. The maximum Gasteiger partial charge on any atom is 0.356 e. The van der Waals surface area contributed by atoms with Crippen LogP contribution < -0.4 is 21.4 Å². The summed E-state index contributed by atoms with van der Waals surface area (Å²) in [5, 5.41) is 13.0. The van der Waals surface area contributed by atoms with E-state index >= 15 is 4.39 Å². The predicted molar refractivity (Wildman–Crippen MR) is 226 cm³/mol. The van der Waals surface area contributed by atoms with E-state index in [1.807, 2.05) is 65.6 Å². The number of carboxylic acids is 1. The van der Waals surface area contributed by atoms with Crippen LogP contribution in [0.5, 0.6) is 0 Å². The van der Waals surface area contributed by atoms with E-state index < -0.39 is 63.9 Å². The molecule has 4 aliphatic rings. The Bertz CT molecular complexity index is 2660. The zero-order valence-electron chi connectivity index (χ0n) is 32.4. The molecule has 2 atom stereocenters. The third-order valence-corrected chi connectivity index (χ3v) is 13.3. The van der Waals surface area contributed by atoms with Crippen LogP contribution in [0.4, 0.5) is 15.2 Å². The maximum atomic E-state index is 15.8. The number of thiazole rings is 1. The quantitative estimate of drug-likeness (QED) is 0.0699. The number of nitrogens with two attached hydrogens (primary N) is 1. The van der Waals surface area contributed by atoms with Gasteiger partial charge in [0.1, 0.15) is 34.2 Å². The number of ether oxygens (including phenoxy) is 1. The molecule has 61 heavy (non-hydrogen) atoms. The Morgan fingerprint density at radius 2 is 1.64 bits per heavy atom. The van der Waals surface area contributed by atoms with Gasteiger partial charge < -0.3 is 30.4 Å². The summed E-state index contributed by atoms with van der Waals surface area (Å²) >= 11 is 2.36. The largest absolute Gasteiger partial charge is 0.477 e. The van der Waals surface area contributed by atoms with Crippen molar-refractivity contribution in [2.24, 2.45) is 0 Å². The van der Waals surface area contributed by atoms with Crippen molar-refractivity contribution >= 4 is 74.4 Å². The number of halogens is 1. The molecule has 1 saturated carbocycles. The number of amides is 2. The van der Waals surface area contributed by atoms with Crippen LogP contribution in [0.15, 0.2) is 100 Å². The molecule has 0 radical (unpaired) electrons. The molecule has 0 spiro atoms. The van der Waals surface area contributed by atoms with Crippen molar-refractivity contribution < 1.29 is 38.2 Å². The fourth-order valence-electron chi connectivity index (χ4n) is 8.08. The van der Waals surface area contributed by atoms with Gasteiger partial charge in [-0.3, -0.25) is 29.0 Å². The fourth-order valence-corrected chi connectivity index (χ4v) is 9.96. The molecule has 5 heterocycles. The normalized spacial score (nSPS) is 19.1. The summed E-state index contributed by atoms with van der Waals surface area (Å²) in [6, 6.07) is 20.2. The van der Waals surface area contributed by atoms with Crippen molar-refractivity contribution in [3.63, 3.8) is 0 Å². The van der Waals surface area contributed by atoms with E-state index in [0.29, 0.717) is 48.7 Å². The monoisotopic (exact) mass is 863 g/mol. The molecule has 18 heteroatoms. The van der Waals surface area contributed by atoms with Gasteiger partial charge in [-0.05, 0) is 41.7 Å². The number of aromatic nitrogens is 2. The van der Waals surface area contributed by atoms with Crippen LogP contribution in [0.25, 0.3) is 10.9 Å². The molecule has 2 aromatic heterocycles. The molecule has 0 bridgehead atoms. The van der Waals surface area contributed by atoms with Gasteiger partial charge >= 0.3 is 11.9 Å². The van der Waals surface area contributed by atoms with Crippen molar-refractivity contribution in [1.82, 2.24) is 24.7 Å². The number of pyridine rings is 1. The number of carbonyl (C=O) groups is 5. The van der Waals surface area contributed by atoms with Crippen LogP contribution in [-0.2, 0) is 19.1 Å². The molecule has 2 amide bonds. The molecule has 15 nitrogen and oxygen atoms in total. The summed E-state index contributed by atoms with van der Waals surface area (Å²) in [4.78, 5) is 88.4. The number of piperazine rings is 1. The number of nitrogens with one attached hydrogen (secondary N) is 1. The molecule has 3 aliphatic heterocycles. The van der Waals surface area contributed by atoms with Gasteiger partial charge in [0.2, 0.25) is 5.43 Å². The number of β-lactam (4-membered cyclic amide) rings is 1. The second-order valence-electron chi connectivity index (χ2n) is 15.2. The number of aromatic carboxylic acids is 1. The van der Waals surface area contributed by atoms with E-state index in [0.717, 1.165) is 41.4 Å². The summed E-state index contributed by atoms with van der Waals surface area (Å²) in [6.07, 6.45) is 2.20. The number of nitrogens with zero attached hydrogens (tertiary/aromatic N) is 5. The molecule has 4 N–H and O–H groups in total. The average molecular weight is 864 g/mol. The topological polar surface area (TPSA) is 197 Å². The first kappa shape index (κ1) is 40.1. The van der Waals surface area contributed by atoms with E-state index in [1.165, 1.54) is 28.2 Å². The number of anilines is 2. The summed E-state index contributed by atoms with van der Waals surface area (Å²) in [7, 11) is 0. The molecule has 2 saturated heterocycles. The predicted octanol–water partition coefficient (Wildman–Crippen LogP) is 4.20. The molecular weight excluding hydrogens is 826 g/mol. The Balaban J connectivity index is 0.975. The summed E-state index contributed by atoms with van der Waals surface area (Å²) < 4.78 is 23.8. The van der Waals surface area contributed by atoms with Crippen molar-refractivity contribution in [2.45, 2.75) is 36.4 Å². The second-order valence-corrected chi connectivity index (χ2v) is 17.2. The van der Waals surface area contributed by atoms with E-state index in [-0.39, 0.29) is 34.5 Å². The number of carbonyl (C=O) groups excluding carboxylic acids is 4. The van der Waals surface area contributed by atoms with Gasteiger partial charge in [-0.25, -0.2) is 19.0 Å². The number of Topliss-reactive ketones (excluding diaryl/α,β-unsaturated/α-hetero) is 1. The van der Waals surface area contributed by atoms with Gasteiger partial charge in [0.05, 0.1) is 11.2 Å². The van der Waals surface area contributed by atoms with Gasteiger partial charge in [0.15, 0.2) is 11.2 Å². The smallest absolute Gasteiger partial charge is 0.356 e. The Hall–Kier alpha value is -6.37. The first-order valence-corrected chi connectivity index (χ1v) is 21.5. The molecule has 0 unspecified atom stereocenters. The van der Waals surface area contributed by atoms with Gasteiger partial charge in [-0.15, -0.1) is 23.1 Å². The minimum Gasteiger partial charge on any atom is -0.477 e. The van der Waals surface area contributed by atoms with E-state index in [4.69, 9.17) is 10.5 Å². The number of fused-ring (bicyclic) bond motifs is 2. The highest BCUT2D eigenvalue weighted by atomic mass is 32.2. The Morgan fingerprint density at radius 3 is 2.25 bits per heavy atom. The van der Waals surface area contributed by atoms with Gasteiger partial charge in [0, 0.05) is 61.5 Å². The lowest BCUT2D eigenvalue weighted by atomic mass is 10.00. The number of hydrogen-bond donors (Lipinski definition) is 3. The summed E-state index contributed by atoms with van der Waals surface area (Å²) in [5.74, 6) is -4.94. The van der Waals surface area contributed by atoms with E-state index in [2.05, 4.69) is 15.2 Å². The van der Waals surface area contributed by atoms with Crippen LogP contribution in [0.1, 0.15) is 57.0 Å². The molecule has 5 aromatic rings. The lowest BCUT2D eigenvalue weighted by Crippen LogP contribution is -2.71. The highest BCUT2D eigenvalue weighted by Gasteiger charge is 2.55. The maximum absolute atomic E-state index is 15.8. The number of rotatable bonds is 12. The molecule has 3 fully saturated rings. The summed E-state index contributed by atoms with van der Waals surface area (Å²) in [5.41, 5.74) is 7.32. The highest BCUT2D eigenvalue weighted by molar-refractivity contribution is 8.00. The van der Waals surface area contributed by atoms with Crippen molar-refractivity contribution in [1.29, 1.82) is 0 Å². The van der Waals surface area contributed by atoms with Gasteiger partial charge in [-0.1, -0.05) is 60.7 Å². The Kier molecular flexibility index (Phi) is 10.7. The van der Waals surface area contributed by atoms with Gasteiger partial charge in [-0.2, -0.15) is 0 Å². The zero-order chi connectivity index (χ0) is 42.5. The molecular formula is C43H38FN7O8S2. The SMILES string of the molecule is Nc1nc(C(=O)C(=O)N[C@@H]2C(=O)N3C(C(=O)OC(c4ccccc4)c4ccccc4)=C(CN4CCN(c5cc6c(cc5F)c(=O)c(C(=O)O)cn6C5CC5)CC4)CS[C@H]23)cs1. The van der Waals surface area contributed by atoms with Crippen molar-refractivity contribution in [3.05, 3.63) is 134 Å². The molecule has 1 aliphatic carbocycles. The lowest BCUT2D eigenvalue weighted by Gasteiger charge is -2.50. The first-order valence-electron chi connectivity index (χ1n) is 19.6. The van der Waals surface area contributed by atoms with Crippen molar-refractivity contribution in [3.8, 4) is 0 Å². The number of benzene rings is 3. The van der Waals surface area contributed by atoms with Crippen LogP contribution in [-0.4, -0.2) is 104 Å². The zero-order valence-corrected chi connectivity index (χ0v) is 34.0. The van der Waals surface area contributed by atoms with E-state index in [9.17, 15) is 33.9 Å². The molecule has 312 valence electrons. The van der Waals surface area contributed by atoms with E-state index in [1.54, 1.807) is 10.6 Å². The lowest BCUT2D eigenvalue weighted by molar-refractivity contribution is -0.154. The van der Waals surface area contributed by atoms with Crippen molar-refractivity contribution in [2.75, 3.05) is 49.1 Å². The van der Waals surface area contributed by atoms with Crippen LogP contribution in [0.3, 0.4) is 0 Å². The minimum absolute atomic E-state index is 0.0199. The third kappa shape index (κ3) is 7.66. The molecule has 3 aromatic carbocycles.